The van der Waals surface area contributed by atoms with Crippen LogP contribution in [0.5, 0.6) is 0 Å². The predicted molar refractivity (Wildman–Crippen MR) is 19.5 cm³/mol. The van der Waals surface area contributed by atoms with E-state index in [1.54, 1.807) is 0 Å². The summed E-state index contributed by atoms with van der Waals surface area (Å²) in [5.41, 5.74) is -0.704. The first-order chi connectivity index (χ1) is 2.27. The van der Waals surface area contributed by atoms with E-state index in [0.29, 0.717) is 6.21 Å². The van der Waals surface area contributed by atoms with Crippen molar-refractivity contribution in [2.45, 2.75) is 0 Å². The molecule has 0 fully saturated rings. The molecule has 0 atom stereocenters. The second-order valence-corrected chi connectivity index (χ2v) is 0.547. The van der Waals surface area contributed by atoms with Gasteiger partial charge in [0.15, 0.2) is 7.85 Å². The van der Waals surface area contributed by atoms with Crippen LogP contribution in [0.3, 0.4) is 0 Å². The van der Waals surface area contributed by atoms with E-state index < -0.39 is 5.68 Å². The van der Waals surface area contributed by atoms with Gasteiger partial charge in [0.2, 0.25) is 0 Å². The van der Waals surface area contributed by atoms with Crippen molar-refractivity contribution < 1.29 is 4.79 Å². The zero-order valence-corrected chi connectivity index (χ0v) is 2.56. The highest BCUT2D eigenvalue weighted by Crippen LogP contribution is 1.39. The first-order valence-electron chi connectivity index (χ1n) is 1.07. The molecule has 0 aliphatic heterocycles. The summed E-state index contributed by atoms with van der Waals surface area (Å²) < 4.78 is 0. The Bertz CT molecular complexity index is 60.7. The van der Waals surface area contributed by atoms with Crippen molar-refractivity contribution in [3.63, 3.8) is 0 Å². The van der Waals surface area contributed by atoms with Crippen molar-refractivity contribution in [1.82, 2.24) is 0 Å². The van der Waals surface area contributed by atoms with Crippen LogP contribution >= 0.6 is 0 Å². The molecule has 0 saturated carbocycles. The lowest BCUT2D eigenvalue weighted by atomic mass is 10.1. The third-order valence-electron chi connectivity index (χ3n) is 0.142. The second kappa shape index (κ2) is 1.70. The normalized spacial score (nSPS) is 6.40. The van der Waals surface area contributed by atoms with E-state index in [0.717, 1.165) is 0 Å². The molecule has 0 heterocycles. The number of carbonyl (C=O) groups is 1. The first-order valence-corrected chi connectivity index (χ1v) is 1.07. The van der Waals surface area contributed by atoms with Gasteiger partial charge in [-0.15, -0.1) is 0 Å². The minimum atomic E-state index is -0.704. The third-order valence-corrected chi connectivity index (χ3v) is 0.142. The summed E-state index contributed by atoms with van der Waals surface area (Å²) in [5, 5.41) is 6.06. The molecule has 0 aromatic heterocycles. The number of hydrogen-bond acceptors (Lipinski definition) is 2. The Balaban J connectivity index is 3.20. The van der Waals surface area contributed by atoms with Crippen LogP contribution in [0.1, 0.15) is 0 Å². The first kappa shape index (κ1) is 4.40. The fourth-order valence-corrected chi connectivity index (χ4v) is 0. The van der Waals surface area contributed by atoms with E-state index >= 15 is 0 Å². The maximum atomic E-state index is 9.35. The average Bonchev–Trinajstić information content (AvgIpc) is 1.38. The Labute approximate surface area is 31.1 Å². The largest absolute Gasteiger partial charge is 0.306 e. The van der Waals surface area contributed by atoms with Gasteiger partial charge in [-0.25, -0.2) is 0 Å². The second-order valence-electron chi connectivity index (χ2n) is 0.547. The summed E-state index contributed by atoms with van der Waals surface area (Å²) in [5.74, 6) is 0. The standard InChI is InChI=1S/C2H2BNO/c3-2(5)1-4/h1,4H. The van der Waals surface area contributed by atoms with Crippen molar-refractivity contribution in [3.8, 4) is 0 Å². The van der Waals surface area contributed by atoms with Gasteiger partial charge in [0.05, 0.1) is 0 Å². The molecule has 24 valence electrons. The molecule has 2 radical (unpaired) electrons. The molecule has 2 nitrogen and oxygen atoms in total. The highest BCUT2D eigenvalue weighted by molar-refractivity contribution is 6.73. The molecule has 0 saturated heterocycles. The number of carbonyl (C=O) groups excluding carboxylic acids is 1. The fourth-order valence-electron chi connectivity index (χ4n) is 0. The molecule has 0 amide bonds. The van der Waals surface area contributed by atoms with Crippen LogP contribution in [0.25, 0.3) is 0 Å². The molecule has 5 heavy (non-hydrogen) atoms. The number of hydrogen-bond donors (Lipinski definition) is 1. The Hall–Kier alpha value is -0.595. The molecular weight excluding hydrogens is 64.8 g/mol. The molecule has 0 aliphatic carbocycles. The molecule has 0 aromatic carbocycles. The van der Waals surface area contributed by atoms with Gasteiger partial charge in [-0.05, 0) is 0 Å². The highest BCUT2D eigenvalue weighted by atomic mass is 16.1. The van der Waals surface area contributed by atoms with E-state index in [1.165, 1.54) is 0 Å². The number of nitrogens with one attached hydrogen (secondary N) is 1. The van der Waals surface area contributed by atoms with Crippen molar-refractivity contribution in [1.29, 1.82) is 5.41 Å². The van der Waals surface area contributed by atoms with Crippen molar-refractivity contribution in [3.05, 3.63) is 0 Å². The van der Waals surface area contributed by atoms with Crippen LogP contribution < -0.4 is 0 Å². The van der Waals surface area contributed by atoms with E-state index in [9.17, 15) is 4.79 Å². The Morgan fingerprint density at radius 2 is 2.20 bits per heavy atom. The monoisotopic (exact) mass is 67.0 g/mol. The molecule has 0 aliphatic rings. The molecule has 0 aromatic rings. The van der Waals surface area contributed by atoms with Gasteiger partial charge in [0, 0.05) is 6.21 Å². The van der Waals surface area contributed by atoms with Gasteiger partial charge in [-0.1, -0.05) is 0 Å². The maximum Gasteiger partial charge on any atom is 0.176 e. The van der Waals surface area contributed by atoms with Gasteiger partial charge in [-0.2, -0.15) is 0 Å². The lowest BCUT2D eigenvalue weighted by Gasteiger charge is -1.61. The average molecular weight is 66.9 g/mol. The zero-order valence-electron chi connectivity index (χ0n) is 2.56. The molecule has 1 N–H and O–H groups in total. The molecular formula is C2H2BNO. The summed E-state index contributed by atoms with van der Waals surface area (Å²) in [4.78, 5) is 9.35. The van der Waals surface area contributed by atoms with Crippen LogP contribution in [0.15, 0.2) is 0 Å². The van der Waals surface area contributed by atoms with E-state index in [2.05, 4.69) is 7.85 Å². The fraction of sp³-hybridized carbons (Fsp3) is 0. The molecule has 0 spiro atoms. The summed E-state index contributed by atoms with van der Waals surface area (Å²) in [6.07, 6.45) is 0.556. The molecule has 3 heteroatoms. The van der Waals surface area contributed by atoms with Gasteiger partial charge < -0.3 is 10.2 Å². The smallest absolute Gasteiger partial charge is 0.176 e. The number of rotatable bonds is 1. The van der Waals surface area contributed by atoms with Crippen LogP contribution in [-0.2, 0) is 4.79 Å². The Kier molecular flexibility index (Phi) is 1.50. The van der Waals surface area contributed by atoms with Crippen molar-refractivity contribution in [2.24, 2.45) is 0 Å². The maximum absolute atomic E-state index is 9.35. The molecule has 0 unspecified atom stereocenters. The van der Waals surface area contributed by atoms with E-state index in [1.807, 2.05) is 0 Å². The van der Waals surface area contributed by atoms with E-state index in [4.69, 9.17) is 5.41 Å². The van der Waals surface area contributed by atoms with Gasteiger partial charge in [0.25, 0.3) is 0 Å². The zero-order chi connectivity index (χ0) is 4.28. The Morgan fingerprint density at radius 1 is 2.00 bits per heavy atom. The summed E-state index contributed by atoms with van der Waals surface area (Å²) in [7, 11) is 4.41. The lowest BCUT2D eigenvalue weighted by molar-refractivity contribution is -0.105. The topological polar surface area (TPSA) is 40.9 Å². The van der Waals surface area contributed by atoms with Gasteiger partial charge >= 0.3 is 0 Å². The van der Waals surface area contributed by atoms with Crippen LogP contribution in [0.4, 0.5) is 0 Å². The summed E-state index contributed by atoms with van der Waals surface area (Å²) in [6, 6.07) is 0. The van der Waals surface area contributed by atoms with Gasteiger partial charge in [0.1, 0.15) is 5.68 Å². The molecule has 0 rings (SSSR count). The minimum absolute atomic E-state index is 0.556. The quantitative estimate of drug-likeness (QED) is 0.320. The van der Waals surface area contributed by atoms with Crippen molar-refractivity contribution >= 4 is 19.7 Å². The third kappa shape index (κ3) is 3.40. The predicted octanol–water partition coefficient (Wildman–Crippen LogP) is -0.669. The van der Waals surface area contributed by atoms with Crippen molar-refractivity contribution in [2.75, 3.05) is 0 Å². The van der Waals surface area contributed by atoms with Crippen LogP contribution in [-0.4, -0.2) is 19.7 Å². The SMILES string of the molecule is [B]C(=O)C=N. The summed E-state index contributed by atoms with van der Waals surface area (Å²) in [6.45, 7) is 0. The highest BCUT2D eigenvalue weighted by Gasteiger charge is 1.72. The minimum Gasteiger partial charge on any atom is -0.306 e. The Morgan fingerprint density at radius 3 is 2.20 bits per heavy atom. The molecule has 0 bridgehead atoms. The van der Waals surface area contributed by atoms with E-state index in [-0.39, 0.29) is 0 Å². The van der Waals surface area contributed by atoms with Gasteiger partial charge in [-0.3, -0.25) is 0 Å². The lowest BCUT2D eigenvalue weighted by Crippen LogP contribution is -1.92. The van der Waals surface area contributed by atoms with Crippen LogP contribution in [0, 0.1) is 5.41 Å². The van der Waals surface area contributed by atoms with Crippen LogP contribution in [0.2, 0.25) is 0 Å². The summed E-state index contributed by atoms with van der Waals surface area (Å²) >= 11 is 0.